The largest absolute Gasteiger partial charge is 2.00 e. The maximum Gasteiger partial charge on any atom is 2.00 e. The second-order valence-electron chi connectivity index (χ2n) is 35.6. The van der Waals surface area contributed by atoms with Gasteiger partial charge in [0.25, 0.3) is 0 Å². The zero-order valence-corrected chi connectivity index (χ0v) is 61.6. The fraction of sp³-hybridized carbons (Fsp3) is 0.452. The van der Waals surface area contributed by atoms with Gasteiger partial charge < -0.3 is 31.6 Å². The molecule has 1 aromatic heterocycles. The summed E-state index contributed by atoms with van der Waals surface area (Å²) in [5.74, 6) is -1.09. The van der Waals surface area contributed by atoms with Crippen LogP contribution in [-0.2, 0) is 57.6 Å². The zero-order valence-electron chi connectivity index (χ0n) is 60.6. The van der Waals surface area contributed by atoms with Gasteiger partial charge in [-0.2, -0.15) is 0 Å². The van der Waals surface area contributed by atoms with E-state index in [1.54, 1.807) is 0 Å². The number of fused-ring (bicyclic) bond motifs is 6. The van der Waals surface area contributed by atoms with Crippen LogP contribution in [-0.4, -0.2) is 47.1 Å². The van der Waals surface area contributed by atoms with E-state index >= 15 is 0 Å². The van der Waals surface area contributed by atoms with Crippen LogP contribution in [0.25, 0.3) is 27.6 Å². The van der Waals surface area contributed by atoms with Gasteiger partial charge in [0.15, 0.2) is 0 Å². The molecule has 5 aromatic rings. The van der Waals surface area contributed by atoms with Crippen LogP contribution in [0.5, 0.6) is 0 Å². The number of rotatable bonds is 12. The van der Waals surface area contributed by atoms with E-state index in [2.05, 4.69) is 239 Å². The van der Waals surface area contributed by atoms with Gasteiger partial charge in [-0.15, -0.1) is 22.9 Å². The molecule has 97 heavy (non-hydrogen) atoms. The molecule has 4 fully saturated rings. The molecule has 507 valence electrons. The van der Waals surface area contributed by atoms with Crippen molar-refractivity contribution in [3.63, 3.8) is 0 Å². The van der Waals surface area contributed by atoms with Crippen molar-refractivity contribution < 1.29 is 36.0 Å². The average Bonchev–Trinajstić information content (AvgIpc) is 1.64. The molecule has 1 radical (unpaired) electrons. The number of allylic oxidation sites excluding steroid dienone is 4. The van der Waals surface area contributed by atoms with E-state index in [0.717, 1.165) is 75.8 Å². The van der Waals surface area contributed by atoms with Crippen molar-refractivity contribution >= 4 is 80.1 Å². The molecule has 5 heterocycles. The smallest absolute Gasteiger partial charge is 0.657 e. The molecule has 4 amide bonds. The Balaban J connectivity index is 0.00000897. The standard InChI is InChI=1S/C84H99N8O4.Co/c1-77(2,3)47-35-45(36-48(39-47)78(4,5)6)67-59-27-31-63(85-59)71(69-55(89-73(93)51-41-81(51,13)14)23-21-24-56(69)90-74(94)52-42-82(52,15)16)65-33-29-61(87-65)68(46-37-49(79(7,8)9)40-50(38-46)80(10,11)12)62-30-34-66(88-62)72(64-32-28-60(67)86-64)70-57(91-75(95)53-43-83(53,17)18)25-22-26-58(70)92-76(96)54-44-84(54,19)20;/h21-40,51-54,59,63H,41-44H2,1-20H3,(H5,86,87,88,89,90,91,92,93,94,95,96);/q-1;+2/p-1/b67-60-;/t51-,52-,53-,54-,59?,63?;/m1./s1. The van der Waals surface area contributed by atoms with Crippen molar-refractivity contribution in [2.75, 3.05) is 21.3 Å². The van der Waals surface area contributed by atoms with E-state index in [4.69, 9.17) is 20.3 Å². The summed E-state index contributed by atoms with van der Waals surface area (Å²) in [5.41, 5.74) is 13.9. The van der Waals surface area contributed by atoms with Gasteiger partial charge in [-0.25, -0.2) is 9.98 Å². The Labute approximate surface area is 585 Å². The number of anilines is 4. The Morgan fingerprint density at radius 2 is 0.722 bits per heavy atom. The van der Waals surface area contributed by atoms with Crippen LogP contribution in [0.2, 0.25) is 0 Å². The predicted octanol–water partition coefficient (Wildman–Crippen LogP) is 16.7. The summed E-state index contributed by atoms with van der Waals surface area (Å²) in [4.78, 5) is 75.9. The number of aromatic nitrogens is 1. The Morgan fingerprint density at radius 3 is 1.07 bits per heavy atom. The molecule has 4 aliphatic heterocycles. The monoisotopic (exact) mass is 1340 g/mol. The van der Waals surface area contributed by atoms with E-state index in [1.807, 2.05) is 42.5 Å². The van der Waals surface area contributed by atoms with Gasteiger partial charge in [0.05, 0.1) is 45.6 Å². The first-order valence-electron chi connectivity index (χ1n) is 34.8. The van der Waals surface area contributed by atoms with Crippen molar-refractivity contribution in [1.29, 1.82) is 0 Å². The van der Waals surface area contributed by atoms with Crippen molar-refractivity contribution in [1.82, 2.24) is 4.98 Å². The van der Waals surface area contributed by atoms with Crippen LogP contribution in [0.3, 0.4) is 0 Å². The maximum absolute atomic E-state index is 14.6. The zero-order chi connectivity index (χ0) is 69.1. The summed E-state index contributed by atoms with van der Waals surface area (Å²) in [6.45, 7) is 43.9. The average molecular weight is 1340 g/mol. The number of carbonyl (C=O) groups excluding carboxylic acids is 4. The summed E-state index contributed by atoms with van der Waals surface area (Å²) in [6.07, 6.45) is 15.6. The number of nitrogens with zero attached hydrogens (tertiary/aromatic N) is 4. The van der Waals surface area contributed by atoms with Gasteiger partial charge >= 0.3 is 16.8 Å². The summed E-state index contributed by atoms with van der Waals surface area (Å²) >= 11 is 0. The predicted molar refractivity (Wildman–Crippen MR) is 394 cm³/mol. The van der Waals surface area contributed by atoms with Crippen LogP contribution in [0.4, 0.5) is 22.7 Å². The topological polar surface area (TPSA) is 169 Å². The molecule has 8 aliphatic rings. The fourth-order valence-corrected chi connectivity index (χ4v) is 14.4. The molecule has 2 unspecified atom stereocenters. The van der Waals surface area contributed by atoms with Crippen molar-refractivity contribution in [3.8, 4) is 0 Å². The van der Waals surface area contributed by atoms with E-state index in [-0.39, 0.29) is 107 Å². The molecule has 4 N–H and O–H groups in total. The van der Waals surface area contributed by atoms with Gasteiger partial charge in [-0.1, -0.05) is 211 Å². The normalized spacial score (nSPS) is 26.4. The number of nitrogens with one attached hydrogen (secondary N) is 4. The van der Waals surface area contributed by atoms with Crippen LogP contribution >= 0.6 is 0 Å². The molecular formula is C84H98CoN8O4. The van der Waals surface area contributed by atoms with Crippen molar-refractivity contribution in [2.24, 2.45) is 55.3 Å². The summed E-state index contributed by atoms with van der Waals surface area (Å²) < 4.78 is 0. The Morgan fingerprint density at radius 1 is 0.412 bits per heavy atom. The Kier molecular flexibility index (Phi) is 16.9. The van der Waals surface area contributed by atoms with Gasteiger partial charge in [0.2, 0.25) is 23.6 Å². The third-order valence-corrected chi connectivity index (χ3v) is 21.8. The molecule has 6 atom stereocenters. The second-order valence-corrected chi connectivity index (χ2v) is 35.6. The third kappa shape index (κ3) is 13.5. The minimum atomic E-state index is -0.674. The Hall–Kier alpha value is -7.71. The number of hydrogen-bond donors (Lipinski definition) is 4. The summed E-state index contributed by atoms with van der Waals surface area (Å²) in [7, 11) is 0. The molecular weight excluding hydrogens is 1240 g/mol. The van der Waals surface area contributed by atoms with Crippen LogP contribution < -0.4 is 36.9 Å². The summed E-state index contributed by atoms with van der Waals surface area (Å²) in [6, 6.07) is 28.2. The first kappa shape index (κ1) is 69.2. The van der Waals surface area contributed by atoms with Gasteiger partial charge in [-0.05, 0) is 173 Å². The van der Waals surface area contributed by atoms with Gasteiger partial charge in [-0.3, -0.25) is 19.2 Å². The molecule has 13 rings (SSSR count). The minimum absolute atomic E-state index is 0. The molecule has 13 heteroatoms. The van der Waals surface area contributed by atoms with Gasteiger partial charge in [0.1, 0.15) is 0 Å². The van der Waals surface area contributed by atoms with E-state index in [9.17, 15) is 19.2 Å². The van der Waals surface area contributed by atoms with E-state index in [0.29, 0.717) is 73.0 Å². The summed E-state index contributed by atoms with van der Waals surface area (Å²) in [5, 5.41) is 20.8. The molecule has 4 saturated carbocycles. The molecule has 4 aromatic carbocycles. The van der Waals surface area contributed by atoms with Gasteiger partial charge in [0, 0.05) is 34.8 Å². The number of aliphatic imine (C=N–C) groups is 2. The van der Waals surface area contributed by atoms with Crippen LogP contribution in [0.1, 0.15) is 209 Å². The number of hydrogen-bond acceptors (Lipinski definition) is 6. The molecule has 4 aliphatic carbocycles. The minimum Gasteiger partial charge on any atom is -0.657 e. The number of carbonyl (C=O) groups is 4. The SMILES string of the molecule is CC(C)(C)c1cc(/C2=C3\C=CC(=N3)/C(c3c(NC(=O)[C@H]4CC4(C)C)cccc3NC(=O)[C@H]3CC3(C)C)=c3/cc/c([n-]3)=C(\c3cc(C(C)(C)C)cc(C(C)(C)C)c3)C3=N/C(=C(/c4c(NC(=O)[C@H]5CC5(C)C)cccc4NC(=O)[C@H]4CC4(C)C)C4C=CC2[N-]4)C=C3)cc(C(C)(C)C)c1.[Co+2]. The Bertz CT molecular complexity index is 4390. The second kappa shape index (κ2) is 23.8. The van der Waals surface area contributed by atoms with E-state index < -0.39 is 12.1 Å². The van der Waals surface area contributed by atoms with E-state index in [1.165, 1.54) is 0 Å². The van der Waals surface area contributed by atoms with Crippen LogP contribution in [0, 0.1) is 45.3 Å². The first-order valence-corrected chi connectivity index (χ1v) is 34.8. The van der Waals surface area contributed by atoms with Crippen LogP contribution in [0.15, 0.2) is 143 Å². The first-order chi connectivity index (χ1) is 44.7. The molecule has 0 spiro atoms. The maximum atomic E-state index is 14.6. The quantitative estimate of drug-likeness (QED) is 0.0910. The molecule has 0 saturated heterocycles. The molecule has 12 nitrogen and oxygen atoms in total. The van der Waals surface area contributed by atoms with Crippen molar-refractivity contribution in [2.45, 2.75) is 198 Å². The number of amides is 4. The third-order valence-electron chi connectivity index (χ3n) is 21.8. The fourth-order valence-electron chi connectivity index (χ4n) is 14.4. The molecule has 8 bridgehead atoms. The number of benzene rings is 4. The van der Waals surface area contributed by atoms with Crippen molar-refractivity contribution in [3.05, 3.63) is 193 Å².